The fourth-order valence-electron chi connectivity index (χ4n) is 3.44. The van der Waals surface area contributed by atoms with Crippen molar-refractivity contribution >= 4 is 34.7 Å². The number of benzene rings is 3. The van der Waals surface area contributed by atoms with Crippen LogP contribution in [0.4, 0.5) is 0 Å². The number of aromatic nitrogens is 1. The van der Waals surface area contributed by atoms with Gasteiger partial charge in [-0.3, -0.25) is 0 Å². The van der Waals surface area contributed by atoms with Crippen molar-refractivity contribution in [2.45, 2.75) is 18.9 Å². The molecule has 0 aliphatic carbocycles. The maximum atomic E-state index is 10.8. The van der Waals surface area contributed by atoms with Crippen LogP contribution in [-0.2, 0) is 6.42 Å². The molecule has 4 rings (SSSR count). The standard InChI is InChI=1S/C26H22ClNO/c27-22-14-11-21-13-16-23(28-25(21)18-22)15-12-20-8-4-5-9-24(20)26(29)17-10-19-6-2-1-3-7-19/h1-9,11-16,18,26,29H,10,17H2/t26-/m0/s1. The van der Waals surface area contributed by atoms with Crippen molar-refractivity contribution < 1.29 is 5.11 Å². The van der Waals surface area contributed by atoms with Crippen molar-refractivity contribution in [2.24, 2.45) is 0 Å². The SMILES string of the molecule is O[C@@H](CCc1ccccc1)c1ccccc1C=Cc1ccc2ccc(Cl)cc2n1. The molecule has 29 heavy (non-hydrogen) atoms. The molecule has 0 aliphatic rings. The van der Waals surface area contributed by atoms with Crippen molar-refractivity contribution in [1.82, 2.24) is 4.98 Å². The Morgan fingerprint density at radius 1 is 0.862 bits per heavy atom. The number of pyridine rings is 1. The number of aliphatic hydroxyl groups is 1. The van der Waals surface area contributed by atoms with Gasteiger partial charge in [0.05, 0.1) is 17.3 Å². The Bertz CT molecular complexity index is 1140. The predicted molar refractivity (Wildman–Crippen MR) is 122 cm³/mol. The molecule has 4 aromatic rings. The minimum absolute atomic E-state index is 0.514. The smallest absolute Gasteiger partial charge is 0.0799 e. The van der Waals surface area contributed by atoms with Crippen LogP contribution in [-0.4, -0.2) is 10.1 Å². The summed E-state index contributed by atoms with van der Waals surface area (Å²) in [5.74, 6) is 0. The summed E-state index contributed by atoms with van der Waals surface area (Å²) < 4.78 is 0. The molecule has 0 saturated heterocycles. The average Bonchev–Trinajstić information content (AvgIpc) is 2.76. The van der Waals surface area contributed by atoms with Crippen molar-refractivity contribution in [1.29, 1.82) is 0 Å². The summed E-state index contributed by atoms with van der Waals surface area (Å²) in [6, 6.07) is 28.0. The summed E-state index contributed by atoms with van der Waals surface area (Å²) in [5.41, 5.74) is 4.90. The number of hydrogen-bond acceptors (Lipinski definition) is 2. The van der Waals surface area contributed by atoms with E-state index in [9.17, 15) is 5.11 Å². The van der Waals surface area contributed by atoms with Crippen LogP contribution < -0.4 is 0 Å². The number of rotatable bonds is 6. The number of aliphatic hydroxyl groups excluding tert-OH is 1. The molecule has 0 radical (unpaired) electrons. The Labute approximate surface area is 176 Å². The van der Waals surface area contributed by atoms with Crippen LogP contribution in [0.15, 0.2) is 84.9 Å². The quantitative estimate of drug-likeness (QED) is 0.390. The van der Waals surface area contributed by atoms with Gasteiger partial charge in [-0.2, -0.15) is 0 Å². The predicted octanol–water partition coefficient (Wildman–Crippen LogP) is 6.72. The van der Waals surface area contributed by atoms with Gasteiger partial charge in [0.15, 0.2) is 0 Å². The van der Waals surface area contributed by atoms with Crippen molar-refractivity contribution in [3.8, 4) is 0 Å². The Morgan fingerprint density at radius 3 is 2.48 bits per heavy atom. The summed E-state index contributed by atoms with van der Waals surface area (Å²) in [5, 5.41) is 12.5. The molecule has 1 heterocycles. The minimum atomic E-state index is -0.514. The molecule has 1 atom stereocenters. The van der Waals surface area contributed by atoms with Crippen molar-refractivity contribution in [2.75, 3.05) is 0 Å². The zero-order valence-corrected chi connectivity index (χ0v) is 16.8. The molecule has 1 N–H and O–H groups in total. The van der Waals surface area contributed by atoms with Gasteiger partial charge in [-0.15, -0.1) is 0 Å². The summed E-state index contributed by atoms with van der Waals surface area (Å²) in [6.07, 6.45) is 5.00. The number of halogens is 1. The maximum Gasteiger partial charge on any atom is 0.0799 e. The third-order valence-corrected chi connectivity index (χ3v) is 5.25. The van der Waals surface area contributed by atoms with Crippen LogP contribution in [0.25, 0.3) is 23.1 Å². The third-order valence-electron chi connectivity index (χ3n) is 5.01. The van der Waals surface area contributed by atoms with Gasteiger partial charge in [0.25, 0.3) is 0 Å². The molecule has 144 valence electrons. The van der Waals surface area contributed by atoms with E-state index in [-0.39, 0.29) is 0 Å². The van der Waals surface area contributed by atoms with E-state index in [1.54, 1.807) is 0 Å². The summed E-state index contributed by atoms with van der Waals surface area (Å²) >= 11 is 6.09. The molecule has 0 spiro atoms. The van der Waals surface area contributed by atoms with Crippen LogP contribution in [0.1, 0.15) is 34.9 Å². The van der Waals surface area contributed by atoms with Crippen LogP contribution in [0.2, 0.25) is 5.02 Å². The molecule has 0 aliphatic heterocycles. The molecule has 0 amide bonds. The van der Waals surface area contributed by atoms with Crippen LogP contribution >= 0.6 is 11.6 Å². The highest BCUT2D eigenvalue weighted by Gasteiger charge is 2.11. The highest BCUT2D eigenvalue weighted by Crippen LogP contribution is 2.25. The first-order chi connectivity index (χ1) is 14.2. The second-order valence-corrected chi connectivity index (χ2v) is 7.51. The molecular formula is C26H22ClNO. The molecule has 1 aromatic heterocycles. The first-order valence-electron chi connectivity index (χ1n) is 9.74. The lowest BCUT2D eigenvalue weighted by atomic mass is 9.97. The van der Waals surface area contributed by atoms with Gasteiger partial charge in [0.1, 0.15) is 0 Å². The number of hydrogen-bond donors (Lipinski definition) is 1. The molecular weight excluding hydrogens is 378 g/mol. The van der Waals surface area contributed by atoms with Gasteiger partial charge >= 0.3 is 0 Å². The largest absolute Gasteiger partial charge is 0.388 e. The fraction of sp³-hybridized carbons (Fsp3) is 0.115. The van der Waals surface area contributed by atoms with Gasteiger partial charge in [-0.05, 0) is 53.8 Å². The van der Waals surface area contributed by atoms with Gasteiger partial charge in [-0.25, -0.2) is 4.98 Å². The summed E-state index contributed by atoms with van der Waals surface area (Å²) in [6.45, 7) is 0. The monoisotopic (exact) mass is 399 g/mol. The fourth-order valence-corrected chi connectivity index (χ4v) is 3.61. The van der Waals surface area contributed by atoms with E-state index in [1.165, 1.54) is 5.56 Å². The van der Waals surface area contributed by atoms with E-state index in [0.29, 0.717) is 11.4 Å². The van der Waals surface area contributed by atoms with Crippen molar-refractivity contribution in [3.63, 3.8) is 0 Å². The Hall–Kier alpha value is -2.94. The Kier molecular flexibility index (Phi) is 6.04. The second kappa shape index (κ2) is 9.04. The average molecular weight is 400 g/mol. The number of nitrogens with zero attached hydrogens (tertiary/aromatic N) is 1. The van der Waals surface area contributed by atoms with Crippen LogP contribution in [0.5, 0.6) is 0 Å². The molecule has 0 bridgehead atoms. The Morgan fingerprint density at radius 2 is 1.62 bits per heavy atom. The Balaban J connectivity index is 1.53. The minimum Gasteiger partial charge on any atom is -0.388 e. The van der Waals surface area contributed by atoms with Crippen LogP contribution in [0.3, 0.4) is 0 Å². The van der Waals surface area contributed by atoms with Gasteiger partial charge < -0.3 is 5.11 Å². The number of fused-ring (bicyclic) bond motifs is 1. The maximum absolute atomic E-state index is 10.8. The normalized spacial score (nSPS) is 12.5. The summed E-state index contributed by atoms with van der Waals surface area (Å²) in [4.78, 5) is 4.67. The second-order valence-electron chi connectivity index (χ2n) is 7.08. The molecule has 0 unspecified atom stereocenters. The lowest BCUT2D eigenvalue weighted by Crippen LogP contribution is -2.01. The zero-order valence-electron chi connectivity index (χ0n) is 16.0. The van der Waals surface area contributed by atoms with Gasteiger partial charge in [0.2, 0.25) is 0 Å². The van der Waals surface area contributed by atoms with Gasteiger partial charge in [-0.1, -0.05) is 84.4 Å². The highest BCUT2D eigenvalue weighted by molar-refractivity contribution is 6.31. The summed E-state index contributed by atoms with van der Waals surface area (Å²) in [7, 11) is 0. The molecule has 3 heteroatoms. The van der Waals surface area contributed by atoms with E-state index in [4.69, 9.17) is 11.6 Å². The van der Waals surface area contributed by atoms with E-state index >= 15 is 0 Å². The van der Waals surface area contributed by atoms with Crippen molar-refractivity contribution in [3.05, 3.63) is 112 Å². The number of aryl methyl sites for hydroxylation is 1. The highest BCUT2D eigenvalue weighted by atomic mass is 35.5. The van der Waals surface area contributed by atoms with Crippen LogP contribution in [0, 0.1) is 0 Å². The lowest BCUT2D eigenvalue weighted by Gasteiger charge is -2.14. The van der Waals surface area contributed by atoms with E-state index in [0.717, 1.165) is 34.1 Å². The molecule has 0 fully saturated rings. The first-order valence-corrected chi connectivity index (χ1v) is 10.1. The molecule has 2 nitrogen and oxygen atoms in total. The van der Waals surface area contributed by atoms with E-state index < -0.39 is 6.10 Å². The van der Waals surface area contributed by atoms with Gasteiger partial charge in [0, 0.05) is 10.4 Å². The lowest BCUT2D eigenvalue weighted by molar-refractivity contribution is 0.167. The van der Waals surface area contributed by atoms with E-state index in [2.05, 4.69) is 17.1 Å². The molecule has 0 saturated carbocycles. The molecule has 3 aromatic carbocycles. The topological polar surface area (TPSA) is 33.1 Å². The zero-order chi connectivity index (χ0) is 20.1. The van der Waals surface area contributed by atoms with E-state index in [1.807, 2.05) is 84.9 Å². The first kappa shape index (κ1) is 19.4. The third kappa shape index (κ3) is 4.92.